The third kappa shape index (κ3) is 6.54. The lowest BCUT2D eigenvalue weighted by atomic mass is 9.97. The van der Waals surface area contributed by atoms with E-state index < -0.39 is 0 Å². The van der Waals surface area contributed by atoms with Gasteiger partial charge in [-0.15, -0.1) is 0 Å². The Morgan fingerprint density at radius 1 is 1.45 bits per heavy atom. The number of hydrogen-bond acceptors (Lipinski definition) is 4. The molecule has 0 bridgehead atoms. The first-order valence-corrected chi connectivity index (χ1v) is 7.65. The summed E-state index contributed by atoms with van der Waals surface area (Å²) in [5.74, 6) is 7.09. The van der Waals surface area contributed by atoms with Gasteiger partial charge in [-0.1, -0.05) is 0 Å². The van der Waals surface area contributed by atoms with E-state index >= 15 is 0 Å². The van der Waals surface area contributed by atoms with Gasteiger partial charge in [0.15, 0.2) is 0 Å². The Balaban J connectivity index is 2.30. The quantitative estimate of drug-likeness (QED) is 0.234. The second-order valence-electron chi connectivity index (χ2n) is 5.53. The number of nitrogens with zero attached hydrogens (tertiary/aromatic N) is 3. The molecule has 6 heteroatoms. The maximum absolute atomic E-state index is 5.58. The molecule has 1 saturated heterocycles. The van der Waals surface area contributed by atoms with Gasteiger partial charge in [0.1, 0.15) is 0 Å². The van der Waals surface area contributed by atoms with Crippen LogP contribution in [0, 0.1) is 5.92 Å². The van der Waals surface area contributed by atoms with E-state index in [1.54, 1.807) is 0 Å². The number of hydrazine groups is 1. The molecule has 1 aliphatic heterocycles. The number of nitrogens with one attached hydrogen (secondary N) is 1. The zero-order chi connectivity index (χ0) is 14.8. The molecular formula is C14H31N5O. The van der Waals surface area contributed by atoms with Gasteiger partial charge in [0.2, 0.25) is 5.96 Å². The standard InChI is InChI=1S/C14H31N5O/c1-4-20-11-5-8-16-14(17-15)19(3)12-13-6-9-18(2)10-7-13/h13H,4-12,15H2,1-3H3,(H,16,17). The fourth-order valence-electron chi connectivity index (χ4n) is 2.49. The number of guanidine groups is 1. The molecule has 0 amide bonds. The maximum Gasteiger partial charge on any atom is 0.208 e. The Morgan fingerprint density at radius 2 is 2.15 bits per heavy atom. The van der Waals surface area contributed by atoms with Crippen molar-refractivity contribution >= 4 is 5.96 Å². The number of rotatable bonds is 7. The lowest BCUT2D eigenvalue weighted by molar-refractivity contribution is 0.146. The molecule has 0 aromatic carbocycles. The molecule has 1 heterocycles. The predicted octanol–water partition coefficient (Wildman–Crippen LogP) is 0.506. The summed E-state index contributed by atoms with van der Waals surface area (Å²) in [6.07, 6.45) is 3.44. The fourth-order valence-corrected chi connectivity index (χ4v) is 2.49. The lowest BCUT2D eigenvalue weighted by Crippen LogP contribution is -2.46. The normalized spacial score (nSPS) is 18.3. The highest BCUT2D eigenvalue weighted by Crippen LogP contribution is 2.16. The number of likely N-dealkylation sites (tertiary alicyclic amines) is 1. The molecule has 0 unspecified atom stereocenters. The first kappa shape index (κ1) is 17.2. The van der Waals surface area contributed by atoms with Crippen LogP contribution in [0.25, 0.3) is 0 Å². The average molecular weight is 285 g/mol. The molecule has 3 N–H and O–H groups in total. The third-order valence-corrected chi connectivity index (χ3v) is 3.77. The molecule has 0 spiro atoms. The zero-order valence-corrected chi connectivity index (χ0v) is 13.3. The molecule has 1 fully saturated rings. The fraction of sp³-hybridized carbons (Fsp3) is 0.929. The summed E-state index contributed by atoms with van der Waals surface area (Å²) in [5, 5.41) is 0. The van der Waals surface area contributed by atoms with Crippen molar-refractivity contribution in [1.29, 1.82) is 0 Å². The maximum atomic E-state index is 5.58. The van der Waals surface area contributed by atoms with Gasteiger partial charge in [-0.05, 0) is 52.2 Å². The molecule has 0 saturated carbocycles. The van der Waals surface area contributed by atoms with E-state index in [4.69, 9.17) is 10.6 Å². The molecular weight excluding hydrogens is 254 g/mol. The molecule has 0 radical (unpaired) electrons. The summed E-state index contributed by atoms with van der Waals surface area (Å²) in [6.45, 7) is 7.67. The van der Waals surface area contributed by atoms with Gasteiger partial charge in [-0.2, -0.15) is 0 Å². The molecule has 1 aliphatic rings. The van der Waals surface area contributed by atoms with Crippen molar-refractivity contribution in [2.75, 3.05) is 53.5 Å². The van der Waals surface area contributed by atoms with Crippen molar-refractivity contribution in [2.24, 2.45) is 16.8 Å². The molecule has 6 nitrogen and oxygen atoms in total. The second kappa shape index (κ2) is 9.96. The molecule has 0 atom stereocenters. The van der Waals surface area contributed by atoms with E-state index in [1.807, 2.05) is 6.92 Å². The SMILES string of the molecule is CCOCCCN=C(NN)N(C)CC1CCN(C)CC1. The Hall–Kier alpha value is -0.850. The van der Waals surface area contributed by atoms with Gasteiger partial charge >= 0.3 is 0 Å². The van der Waals surface area contributed by atoms with E-state index in [0.29, 0.717) is 0 Å². The van der Waals surface area contributed by atoms with Crippen LogP contribution in [0.1, 0.15) is 26.2 Å². The van der Waals surface area contributed by atoms with E-state index in [-0.39, 0.29) is 0 Å². The predicted molar refractivity (Wildman–Crippen MR) is 83.6 cm³/mol. The topological polar surface area (TPSA) is 66.1 Å². The van der Waals surface area contributed by atoms with Crippen LogP contribution in [-0.2, 0) is 4.74 Å². The second-order valence-corrected chi connectivity index (χ2v) is 5.53. The minimum Gasteiger partial charge on any atom is -0.382 e. The van der Waals surface area contributed by atoms with Crippen LogP contribution in [0.5, 0.6) is 0 Å². The van der Waals surface area contributed by atoms with Crippen molar-refractivity contribution in [1.82, 2.24) is 15.2 Å². The molecule has 20 heavy (non-hydrogen) atoms. The number of hydrogen-bond donors (Lipinski definition) is 2. The molecule has 1 rings (SSSR count). The third-order valence-electron chi connectivity index (χ3n) is 3.77. The first-order chi connectivity index (χ1) is 9.67. The van der Waals surface area contributed by atoms with Crippen molar-refractivity contribution < 1.29 is 4.74 Å². The van der Waals surface area contributed by atoms with Crippen LogP contribution in [0.3, 0.4) is 0 Å². The molecule has 0 aromatic heterocycles. The number of ether oxygens (including phenoxy) is 1. The highest BCUT2D eigenvalue weighted by Gasteiger charge is 2.19. The zero-order valence-electron chi connectivity index (χ0n) is 13.3. The van der Waals surface area contributed by atoms with Crippen LogP contribution >= 0.6 is 0 Å². The van der Waals surface area contributed by atoms with Crippen LogP contribution in [-0.4, -0.2) is 69.2 Å². The Morgan fingerprint density at radius 3 is 2.75 bits per heavy atom. The number of nitrogens with two attached hydrogens (primary N) is 1. The van der Waals surface area contributed by atoms with E-state index in [1.165, 1.54) is 25.9 Å². The lowest BCUT2D eigenvalue weighted by Gasteiger charge is -2.32. The smallest absolute Gasteiger partial charge is 0.208 e. The van der Waals surface area contributed by atoms with Gasteiger partial charge in [0.05, 0.1) is 0 Å². The Labute approximate surface area is 123 Å². The van der Waals surface area contributed by atoms with Gasteiger partial charge in [-0.25, -0.2) is 5.84 Å². The average Bonchev–Trinajstić information content (AvgIpc) is 2.45. The van der Waals surface area contributed by atoms with Gasteiger partial charge in [0, 0.05) is 33.4 Å². The Kier molecular flexibility index (Phi) is 8.57. The van der Waals surface area contributed by atoms with Crippen LogP contribution in [0.2, 0.25) is 0 Å². The monoisotopic (exact) mass is 285 g/mol. The Bertz CT molecular complexity index is 277. The summed E-state index contributed by atoms with van der Waals surface area (Å²) in [6, 6.07) is 0. The van der Waals surface area contributed by atoms with Gasteiger partial charge in [-0.3, -0.25) is 10.4 Å². The minimum atomic E-state index is 0.734. The molecule has 118 valence electrons. The van der Waals surface area contributed by atoms with Crippen molar-refractivity contribution in [2.45, 2.75) is 26.2 Å². The summed E-state index contributed by atoms with van der Waals surface area (Å²) in [7, 11) is 4.24. The van der Waals surface area contributed by atoms with Gasteiger partial charge in [0.25, 0.3) is 0 Å². The highest BCUT2D eigenvalue weighted by molar-refractivity contribution is 5.79. The summed E-state index contributed by atoms with van der Waals surface area (Å²) < 4.78 is 5.30. The van der Waals surface area contributed by atoms with Crippen LogP contribution < -0.4 is 11.3 Å². The van der Waals surface area contributed by atoms with E-state index in [0.717, 1.165) is 44.6 Å². The first-order valence-electron chi connectivity index (χ1n) is 7.65. The van der Waals surface area contributed by atoms with Gasteiger partial charge < -0.3 is 14.5 Å². The van der Waals surface area contributed by atoms with Crippen molar-refractivity contribution in [3.05, 3.63) is 0 Å². The highest BCUT2D eigenvalue weighted by atomic mass is 16.5. The minimum absolute atomic E-state index is 0.734. The number of aliphatic imine (C=N–C) groups is 1. The van der Waals surface area contributed by atoms with Crippen LogP contribution in [0.4, 0.5) is 0 Å². The summed E-state index contributed by atoms with van der Waals surface area (Å²) in [5.41, 5.74) is 2.72. The molecule has 0 aliphatic carbocycles. The molecule has 0 aromatic rings. The van der Waals surface area contributed by atoms with Crippen molar-refractivity contribution in [3.63, 3.8) is 0 Å². The van der Waals surface area contributed by atoms with E-state index in [9.17, 15) is 0 Å². The largest absolute Gasteiger partial charge is 0.382 e. The van der Waals surface area contributed by atoms with Crippen molar-refractivity contribution in [3.8, 4) is 0 Å². The number of piperidine rings is 1. The summed E-state index contributed by atoms with van der Waals surface area (Å²) >= 11 is 0. The van der Waals surface area contributed by atoms with E-state index in [2.05, 4.69) is 34.3 Å². The summed E-state index contributed by atoms with van der Waals surface area (Å²) in [4.78, 5) is 9.04. The van der Waals surface area contributed by atoms with Crippen LogP contribution in [0.15, 0.2) is 4.99 Å².